The van der Waals surface area contributed by atoms with E-state index < -0.39 is 0 Å². The molecule has 0 bridgehead atoms. The molecule has 0 amide bonds. The maximum atomic E-state index is 13.5. The Kier molecular flexibility index (Phi) is 5.39. The second-order valence-electron chi connectivity index (χ2n) is 6.61. The number of carbonyl (C=O) groups is 2. The minimum Gasteiger partial charge on any atom is -0.496 e. The number of halogens is 1. The van der Waals surface area contributed by atoms with E-state index in [1.54, 1.807) is 12.1 Å². The molecule has 7 heteroatoms. The van der Waals surface area contributed by atoms with Gasteiger partial charge in [-0.1, -0.05) is 13.8 Å². The summed E-state index contributed by atoms with van der Waals surface area (Å²) >= 11 is 3.40. The monoisotopic (exact) mass is 448 g/mol. The lowest BCUT2D eigenvalue weighted by molar-refractivity contribution is 0.0972. The maximum Gasteiger partial charge on any atom is 0.202 e. The Labute approximate surface area is 171 Å². The molecule has 28 heavy (non-hydrogen) atoms. The zero-order valence-electron chi connectivity index (χ0n) is 16.6. The van der Waals surface area contributed by atoms with Gasteiger partial charge in [0.25, 0.3) is 0 Å². The molecular weight excluding hydrogens is 428 g/mol. The van der Waals surface area contributed by atoms with Crippen molar-refractivity contribution in [1.29, 1.82) is 0 Å². The summed E-state index contributed by atoms with van der Waals surface area (Å²) in [5, 5.41) is 0. The lowest BCUT2D eigenvalue weighted by atomic mass is 9.80. The summed E-state index contributed by atoms with van der Waals surface area (Å²) in [6, 6.07) is 3.19. The fourth-order valence-electron chi connectivity index (χ4n) is 3.60. The normalized spacial score (nSPS) is 12.6. The second kappa shape index (κ2) is 7.47. The summed E-state index contributed by atoms with van der Waals surface area (Å²) < 4.78 is 22.2. The molecule has 3 rings (SSSR count). The number of hydrogen-bond acceptors (Lipinski definition) is 6. The Morgan fingerprint density at radius 2 is 1.36 bits per heavy atom. The summed E-state index contributed by atoms with van der Waals surface area (Å²) in [6.07, 6.45) is 0. The van der Waals surface area contributed by atoms with Crippen LogP contribution in [-0.2, 0) is 0 Å². The Morgan fingerprint density at radius 3 is 1.86 bits per heavy atom. The highest BCUT2D eigenvalue weighted by Crippen LogP contribution is 2.48. The first-order valence-corrected chi connectivity index (χ1v) is 9.44. The molecule has 0 fully saturated rings. The lowest BCUT2D eigenvalue weighted by Gasteiger charge is -2.26. The van der Waals surface area contributed by atoms with Crippen molar-refractivity contribution >= 4 is 27.5 Å². The standard InChI is InChI=1S/C21H21BrO6/c1-9(2)14-11(25-3)7-10-15(21(14)28-6)20(24)16-12(26-4)8-13(27-5)18(22)17(16)19(10)23/h7-9H,1-6H3. The van der Waals surface area contributed by atoms with Crippen molar-refractivity contribution in [3.8, 4) is 23.0 Å². The highest BCUT2D eigenvalue weighted by atomic mass is 79.9. The third-order valence-electron chi connectivity index (χ3n) is 4.84. The van der Waals surface area contributed by atoms with E-state index >= 15 is 0 Å². The zero-order chi connectivity index (χ0) is 20.7. The highest BCUT2D eigenvalue weighted by molar-refractivity contribution is 9.10. The van der Waals surface area contributed by atoms with E-state index in [9.17, 15) is 9.59 Å². The predicted octanol–water partition coefficient (Wildman–Crippen LogP) is 4.38. The van der Waals surface area contributed by atoms with E-state index in [-0.39, 0.29) is 45.5 Å². The summed E-state index contributed by atoms with van der Waals surface area (Å²) in [6.45, 7) is 3.94. The van der Waals surface area contributed by atoms with Crippen LogP contribution >= 0.6 is 15.9 Å². The van der Waals surface area contributed by atoms with Crippen LogP contribution in [0.2, 0.25) is 0 Å². The van der Waals surface area contributed by atoms with Gasteiger partial charge < -0.3 is 18.9 Å². The number of carbonyl (C=O) groups excluding carboxylic acids is 2. The van der Waals surface area contributed by atoms with Crippen molar-refractivity contribution in [1.82, 2.24) is 0 Å². The van der Waals surface area contributed by atoms with Gasteiger partial charge in [0.1, 0.15) is 23.0 Å². The number of benzene rings is 2. The summed E-state index contributed by atoms with van der Waals surface area (Å²) in [5.41, 5.74) is 1.58. The predicted molar refractivity (Wildman–Crippen MR) is 108 cm³/mol. The first-order valence-electron chi connectivity index (χ1n) is 8.64. The number of hydrogen-bond donors (Lipinski definition) is 0. The zero-order valence-corrected chi connectivity index (χ0v) is 18.1. The van der Waals surface area contributed by atoms with Gasteiger partial charge in [0, 0.05) is 17.2 Å². The van der Waals surface area contributed by atoms with Gasteiger partial charge in [-0.25, -0.2) is 0 Å². The first kappa shape index (κ1) is 20.2. The molecule has 0 saturated carbocycles. The van der Waals surface area contributed by atoms with E-state index in [1.807, 2.05) is 13.8 Å². The van der Waals surface area contributed by atoms with Crippen LogP contribution in [0.3, 0.4) is 0 Å². The van der Waals surface area contributed by atoms with Crippen LogP contribution in [0.1, 0.15) is 57.2 Å². The van der Waals surface area contributed by atoms with Gasteiger partial charge in [-0.3, -0.25) is 9.59 Å². The third kappa shape index (κ3) is 2.76. The molecule has 0 saturated heterocycles. The number of fused-ring (bicyclic) bond motifs is 2. The molecule has 0 aromatic heterocycles. The fourth-order valence-corrected chi connectivity index (χ4v) is 4.26. The first-order chi connectivity index (χ1) is 13.3. The van der Waals surface area contributed by atoms with Crippen molar-refractivity contribution in [3.63, 3.8) is 0 Å². The molecule has 0 spiro atoms. The van der Waals surface area contributed by atoms with Gasteiger partial charge in [-0.15, -0.1) is 0 Å². The van der Waals surface area contributed by atoms with Crippen molar-refractivity contribution < 1.29 is 28.5 Å². The number of rotatable bonds is 5. The smallest absolute Gasteiger partial charge is 0.202 e. The Hall–Kier alpha value is -2.54. The molecule has 2 aromatic rings. The van der Waals surface area contributed by atoms with E-state index in [1.165, 1.54) is 28.4 Å². The Morgan fingerprint density at radius 1 is 0.750 bits per heavy atom. The van der Waals surface area contributed by atoms with Crippen molar-refractivity contribution in [2.75, 3.05) is 28.4 Å². The van der Waals surface area contributed by atoms with E-state index in [4.69, 9.17) is 18.9 Å². The van der Waals surface area contributed by atoms with Gasteiger partial charge in [-0.05, 0) is 27.9 Å². The molecular formula is C21H21BrO6. The van der Waals surface area contributed by atoms with Crippen LogP contribution in [0.4, 0.5) is 0 Å². The van der Waals surface area contributed by atoms with Crippen LogP contribution in [0.15, 0.2) is 16.6 Å². The van der Waals surface area contributed by atoms with Crippen molar-refractivity contribution in [2.24, 2.45) is 0 Å². The van der Waals surface area contributed by atoms with Crippen LogP contribution in [0, 0.1) is 0 Å². The summed E-state index contributed by atoms with van der Waals surface area (Å²) in [5.74, 6) is 0.861. The molecule has 0 radical (unpaired) electrons. The molecule has 2 aromatic carbocycles. The minimum atomic E-state index is -0.341. The molecule has 0 unspecified atom stereocenters. The Bertz CT molecular complexity index is 993. The van der Waals surface area contributed by atoms with Gasteiger partial charge in [-0.2, -0.15) is 0 Å². The maximum absolute atomic E-state index is 13.5. The van der Waals surface area contributed by atoms with Crippen molar-refractivity contribution in [3.05, 3.63) is 44.4 Å². The number of ketones is 2. The molecule has 1 aliphatic rings. The van der Waals surface area contributed by atoms with Gasteiger partial charge in [0.2, 0.25) is 5.78 Å². The van der Waals surface area contributed by atoms with Crippen LogP contribution < -0.4 is 18.9 Å². The van der Waals surface area contributed by atoms with Crippen LogP contribution in [0.25, 0.3) is 0 Å². The SMILES string of the molecule is COc1cc(OC)c2c(c1Br)C(=O)c1cc(OC)c(C(C)C)c(OC)c1C2=O. The molecule has 148 valence electrons. The lowest BCUT2D eigenvalue weighted by Crippen LogP contribution is -2.24. The van der Waals surface area contributed by atoms with E-state index in [0.29, 0.717) is 21.7 Å². The Balaban J connectivity index is 2.45. The van der Waals surface area contributed by atoms with E-state index in [0.717, 1.165) is 5.56 Å². The largest absolute Gasteiger partial charge is 0.496 e. The van der Waals surface area contributed by atoms with Gasteiger partial charge >= 0.3 is 0 Å². The second-order valence-corrected chi connectivity index (χ2v) is 7.40. The van der Waals surface area contributed by atoms with Crippen LogP contribution in [0.5, 0.6) is 23.0 Å². The minimum absolute atomic E-state index is 0.0176. The van der Waals surface area contributed by atoms with Gasteiger partial charge in [0.15, 0.2) is 5.78 Å². The third-order valence-corrected chi connectivity index (χ3v) is 5.63. The van der Waals surface area contributed by atoms with E-state index in [2.05, 4.69) is 15.9 Å². The summed E-state index contributed by atoms with van der Waals surface area (Å²) in [4.78, 5) is 26.9. The fraction of sp³-hybridized carbons (Fsp3) is 0.333. The summed E-state index contributed by atoms with van der Waals surface area (Å²) in [7, 11) is 5.93. The van der Waals surface area contributed by atoms with Gasteiger partial charge in [0.05, 0.1) is 49.6 Å². The van der Waals surface area contributed by atoms with Crippen LogP contribution in [-0.4, -0.2) is 40.0 Å². The quantitative estimate of drug-likeness (QED) is 0.576. The molecule has 0 heterocycles. The molecule has 1 aliphatic carbocycles. The number of methoxy groups -OCH3 is 4. The van der Waals surface area contributed by atoms with Crippen molar-refractivity contribution in [2.45, 2.75) is 19.8 Å². The average molecular weight is 449 g/mol. The molecule has 0 aliphatic heterocycles. The highest BCUT2D eigenvalue weighted by Gasteiger charge is 2.39. The number of ether oxygens (including phenoxy) is 4. The topological polar surface area (TPSA) is 71.1 Å². The molecule has 0 atom stereocenters. The average Bonchev–Trinajstić information content (AvgIpc) is 2.69. The molecule has 0 N–H and O–H groups in total. The molecule has 6 nitrogen and oxygen atoms in total.